The number of carboxylic acid groups (broad SMARTS) is 1. The van der Waals surface area contributed by atoms with Crippen molar-refractivity contribution in [3.63, 3.8) is 0 Å². The minimum absolute atomic E-state index is 0.682. The highest BCUT2D eigenvalue weighted by atomic mass is 32.1. The quantitative estimate of drug-likeness (QED) is 0.694. The Morgan fingerprint density at radius 1 is 1.75 bits per heavy atom. The molecule has 0 saturated carbocycles. The van der Waals surface area contributed by atoms with Gasteiger partial charge >= 0.3 is 5.97 Å². The van der Waals surface area contributed by atoms with Crippen LogP contribution in [0.5, 0.6) is 0 Å². The summed E-state index contributed by atoms with van der Waals surface area (Å²) in [7, 11) is 0. The van der Waals surface area contributed by atoms with Crippen LogP contribution in [0.15, 0.2) is 29.8 Å². The summed E-state index contributed by atoms with van der Waals surface area (Å²) in [5.74, 6) is -0.936. The van der Waals surface area contributed by atoms with E-state index in [1.807, 2.05) is 17.5 Å². The van der Waals surface area contributed by atoms with Crippen LogP contribution in [-0.2, 0) is 11.3 Å². The van der Waals surface area contributed by atoms with Crippen LogP contribution in [0.1, 0.15) is 4.88 Å². The highest BCUT2D eigenvalue weighted by molar-refractivity contribution is 7.09. The van der Waals surface area contributed by atoms with E-state index in [4.69, 9.17) is 5.11 Å². The minimum Gasteiger partial charge on any atom is -0.478 e. The fourth-order valence-corrected chi connectivity index (χ4v) is 1.36. The summed E-state index contributed by atoms with van der Waals surface area (Å²) in [6.07, 6.45) is 2.51. The van der Waals surface area contributed by atoms with Gasteiger partial charge in [-0.3, -0.25) is 0 Å². The lowest BCUT2D eigenvalue weighted by Gasteiger charge is -1.94. The number of nitrogens with one attached hydrogen (secondary N) is 1. The first kappa shape index (κ1) is 8.80. The number of aliphatic carboxylic acids is 1. The highest BCUT2D eigenvalue weighted by Gasteiger charge is 1.89. The molecule has 1 aromatic heterocycles. The molecule has 1 heterocycles. The van der Waals surface area contributed by atoms with Crippen LogP contribution in [-0.4, -0.2) is 11.1 Å². The molecular formula is C8H9NO2S. The van der Waals surface area contributed by atoms with Crippen molar-refractivity contribution in [1.29, 1.82) is 0 Å². The molecule has 0 aromatic carbocycles. The molecule has 0 aliphatic rings. The van der Waals surface area contributed by atoms with E-state index in [1.54, 1.807) is 11.3 Å². The van der Waals surface area contributed by atoms with Gasteiger partial charge < -0.3 is 10.4 Å². The molecule has 12 heavy (non-hydrogen) atoms. The maximum absolute atomic E-state index is 10.0. The predicted molar refractivity (Wildman–Crippen MR) is 47.9 cm³/mol. The lowest BCUT2D eigenvalue weighted by molar-refractivity contribution is -0.131. The number of rotatable bonds is 4. The second-order valence-electron chi connectivity index (χ2n) is 2.13. The molecule has 0 fully saturated rings. The maximum Gasteiger partial charge on any atom is 0.329 e. The zero-order chi connectivity index (χ0) is 8.81. The van der Waals surface area contributed by atoms with Crippen LogP contribution in [0.3, 0.4) is 0 Å². The van der Waals surface area contributed by atoms with Gasteiger partial charge in [0, 0.05) is 23.7 Å². The van der Waals surface area contributed by atoms with Crippen molar-refractivity contribution < 1.29 is 9.90 Å². The minimum atomic E-state index is -0.936. The Bertz CT molecular complexity index is 267. The second kappa shape index (κ2) is 4.56. The normalized spacial score (nSPS) is 10.3. The van der Waals surface area contributed by atoms with Crippen LogP contribution in [0.4, 0.5) is 0 Å². The molecule has 0 aliphatic heterocycles. The Balaban J connectivity index is 2.23. The molecule has 3 nitrogen and oxygen atoms in total. The number of hydrogen-bond acceptors (Lipinski definition) is 3. The zero-order valence-corrected chi connectivity index (χ0v) is 7.17. The van der Waals surface area contributed by atoms with E-state index in [0.717, 1.165) is 6.08 Å². The van der Waals surface area contributed by atoms with Crippen molar-refractivity contribution in [2.75, 3.05) is 0 Å². The van der Waals surface area contributed by atoms with Crippen molar-refractivity contribution in [3.05, 3.63) is 34.7 Å². The van der Waals surface area contributed by atoms with E-state index in [9.17, 15) is 4.79 Å². The van der Waals surface area contributed by atoms with Crippen LogP contribution in [0.25, 0.3) is 0 Å². The van der Waals surface area contributed by atoms with Gasteiger partial charge in [-0.1, -0.05) is 6.07 Å². The summed E-state index contributed by atoms with van der Waals surface area (Å²) in [5, 5.41) is 13.1. The largest absolute Gasteiger partial charge is 0.478 e. The third-order valence-electron chi connectivity index (χ3n) is 1.20. The number of hydrogen-bond donors (Lipinski definition) is 2. The smallest absolute Gasteiger partial charge is 0.329 e. The van der Waals surface area contributed by atoms with Crippen LogP contribution < -0.4 is 5.32 Å². The standard InChI is InChI=1S/C8H9NO2S/c10-8(11)3-4-9-6-7-2-1-5-12-7/h1-5,9H,6H2,(H,10,11)/b4-3+. The lowest BCUT2D eigenvalue weighted by Crippen LogP contribution is -2.03. The summed E-state index contributed by atoms with van der Waals surface area (Å²) in [4.78, 5) is 11.2. The third kappa shape index (κ3) is 3.21. The molecule has 0 bridgehead atoms. The van der Waals surface area contributed by atoms with Crippen LogP contribution in [0, 0.1) is 0 Å². The lowest BCUT2D eigenvalue weighted by atomic mass is 10.4. The molecule has 0 saturated heterocycles. The maximum atomic E-state index is 10.0. The fraction of sp³-hybridized carbons (Fsp3) is 0.125. The monoisotopic (exact) mass is 183 g/mol. The molecule has 0 atom stereocenters. The zero-order valence-electron chi connectivity index (χ0n) is 6.36. The van der Waals surface area contributed by atoms with E-state index in [2.05, 4.69) is 5.32 Å². The van der Waals surface area contributed by atoms with Crippen LogP contribution >= 0.6 is 11.3 Å². The summed E-state index contributed by atoms with van der Waals surface area (Å²) < 4.78 is 0. The van der Waals surface area contributed by atoms with E-state index < -0.39 is 5.97 Å². The Labute approximate surface area is 74.3 Å². The van der Waals surface area contributed by atoms with E-state index in [0.29, 0.717) is 6.54 Å². The molecule has 0 spiro atoms. The fourth-order valence-electron chi connectivity index (χ4n) is 0.703. The van der Waals surface area contributed by atoms with E-state index >= 15 is 0 Å². The third-order valence-corrected chi connectivity index (χ3v) is 2.08. The van der Waals surface area contributed by atoms with Gasteiger partial charge in [-0.15, -0.1) is 11.3 Å². The SMILES string of the molecule is O=C(O)/C=C/NCc1cccs1. The van der Waals surface area contributed by atoms with Crippen molar-refractivity contribution in [3.8, 4) is 0 Å². The van der Waals surface area contributed by atoms with Gasteiger partial charge in [0.2, 0.25) is 0 Å². The Kier molecular flexibility index (Phi) is 3.35. The van der Waals surface area contributed by atoms with E-state index in [-0.39, 0.29) is 0 Å². The predicted octanol–water partition coefficient (Wildman–Crippen LogP) is 1.44. The van der Waals surface area contributed by atoms with Gasteiger partial charge in [0.1, 0.15) is 0 Å². The summed E-state index contributed by atoms with van der Waals surface area (Å²) >= 11 is 1.64. The highest BCUT2D eigenvalue weighted by Crippen LogP contribution is 2.06. The van der Waals surface area contributed by atoms with Gasteiger partial charge in [0.05, 0.1) is 0 Å². The number of carbonyl (C=O) groups is 1. The van der Waals surface area contributed by atoms with Crippen molar-refractivity contribution in [1.82, 2.24) is 5.32 Å². The second-order valence-corrected chi connectivity index (χ2v) is 3.16. The van der Waals surface area contributed by atoms with Gasteiger partial charge in [0.25, 0.3) is 0 Å². The Hall–Kier alpha value is -1.29. The Morgan fingerprint density at radius 2 is 2.58 bits per heavy atom. The van der Waals surface area contributed by atoms with Gasteiger partial charge in [-0.05, 0) is 11.4 Å². The van der Waals surface area contributed by atoms with Gasteiger partial charge in [0.15, 0.2) is 0 Å². The van der Waals surface area contributed by atoms with E-state index in [1.165, 1.54) is 11.1 Å². The summed E-state index contributed by atoms with van der Waals surface area (Å²) in [6, 6.07) is 3.95. The molecule has 0 aliphatic carbocycles. The number of carboxylic acids is 1. The molecule has 64 valence electrons. The molecule has 4 heteroatoms. The molecule has 0 unspecified atom stereocenters. The molecule has 2 N–H and O–H groups in total. The van der Waals surface area contributed by atoms with Crippen molar-refractivity contribution in [2.45, 2.75) is 6.54 Å². The van der Waals surface area contributed by atoms with Crippen LogP contribution in [0.2, 0.25) is 0 Å². The van der Waals surface area contributed by atoms with Gasteiger partial charge in [-0.2, -0.15) is 0 Å². The molecular weight excluding hydrogens is 174 g/mol. The summed E-state index contributed by atoms with van der Waals surface area (Å²) in [5.41, 5.74) is 0. The number of thiophene rings is 1. The Morgan fingerprint density at radius 3 is 3.17 bits per heavy atom. The van der Waals surface area contributed by atoms with Crippen molar-refractivity contribution in [2.24, 2.45) is 0 Å². The molecule has 1 rings (SSSR count). The molecule has 0 radical (unpaired) electrons. The first-order valence-electron chi connectivity index (χ1n) is 3.44. The first-order chi connectivity index (χ1) is 5.79. The molecule has 1 aromatic rings. The summed E-state index contributed by atoms with van der Waals surface area (Å²) in [6.45, 7) is 0.682. The van der Waals surface area contributed by atoms with Gasteiger partial charge in [-0.25, -0.2) is 4.79 Å². The van der Waals surface area contributed by atoms with Crippen molar-refractivity contribution >= 4 is 17.3 Å². The molecule has 0 amide bonds. The average molecular weight is 183 g/mol. The first-order valence-corrected chi connectivity index (χ1v) is 4.32. The topological polar surface area (TPSA) is 49.3 Å². The average Bonchev–Trinajstić information content (AvgIpc) is 2.49.